The molecule has 1 saturated heterocycles. The van der Waals surface area contributed by atoms with Gasteiger partial charge in [-0.25, -0.2) is 9.97 Å². The average molecular weight is 322 g/mol. The number of imidazole rings is 1. The van der Waals surface area contributed by atoms with Gasteiger partial charge in [0.25, 0.3) is 0 Å². The molecule has 6 heteroatoms. The van der Waals surface area contributed by atoms with E-state index in [4.69, 9.17) is 0 Å². The molecule has 1 aliphatic carbocycles. The van der Waals surface area contributed by atoms with Crippen molar-refractivity contribution in [2.75, 3.05) is 19.6 Å². The van der Waals surface area contributed by atoms with Crippen molar-refractivity contribution in [2.45, 2.75) is 38.3 Å². The van der Waals surface area contributed by atoms with E-state index in [1.165, 1.54) is 45.3 Å². The number of aromatic nitrogens is 3. The molecule has 1 aliphatic heterocycles. The van der Waals surface area contributed by atoms with Gasteiger partial charge in [-0.3, -0.25) is 9.30 Å². The fraction of sp³-hybridized carbons (Fsp3) is 0.625. The Morgan fingerprint density at radius 2 is 2.00 bits per heavy atom. The number of nitrogens with one attached hydrogen (secondary N) is 1. The van der Waals surface area contributed by atoms with Gasteiger partial charge in [-0.05, 0) is 44.2 Å². The van der Waals surface area contributed by atoms with Crippen molar-refractivity contribution in [3.8, 4) is 0 Å². The molecule has 2 fully saturated rings. The standard InChI is InChI=1S/C16H23N5.ClH/c1-6-17-16-19-15(12-21(16)7-1)11-20-8-4-14(5-9-20)18-10-13-2-3-13;/h1,6-7,12-14,18H,2-5,8-11H2;1H. The second kappa shape index (κ2) is 6.94. The van der Waals surface area contributed by atoms with Crippen LogP contribution >= 0.6 is 12.4 Å². The molecule has 1 saturated carbocycles. The molecule has 0 unspecified atom stereocenters. The molecule has 2 aliphatic rings. The van der Waals surface area contributed by atoms with E-state index in [2.05, 4.69) is 26.4 Å². The number of hydrogen-bond donors (Lipinski definition) is 1. The van der Waals surface area contributed by atoms with Crippen molar-refractivity contribution in [2.24, 2.45) is 5.92 Å². The van der Waals surface area contributed by atoms with Gasteiger partial charge < -0.3 is 5.32 Å². The van der Waals surface area contributed by atoms with E-state index in [1.54, 1.807) is 6.20 Å². The third-order valence-corrected chi connectivity index (χ3v) is 4.65. The van der Waals surface area contributed by atoms with Crippen LogP contribution in [-0.4, -0.2) is 44.9 Å². The molecule has 5 nitrogen and oxygen atoms in total. The Hall–Kier alpha value is -1.17. The zero-order valence-corrected chi connectivity index (χ0v) is 13.6. The Morgan fingerprint density at radius 1 is 1.18 bits per heavy atom. The maximum Gasteiger partial charge on any atom is 0.233 e. The lowest BCUT2D eigenvalue weighted by atomic mass is 10.0. The fourth-order valence-corrected chi connectivity index (χ4v) is 3.14. The van der Waals surface area contributed by atoms with E-state index in [0.29, 0.717) is 0 Å². The second-order valence-corrected chi connectivity index (χ2v) is 6.46. The Kier molecular flexibility index (Phi) is 4.96. The summed E-state index contributed by atoms with van der Waals surface area (Å²) in [6.07, 6.45) is 11.3. The van der Waals surface area contributed by atoms with Gasteiger partial charge >= 0.3 is 0 Å². The molecule has 2 aromatic rings. The van der Waals surface area contributed by atoms with E-state index in [9.17, 15) is 0 Å². The molecule has 4 rings (SSSR count). The second-order valence-electron chi connectivity index (χ2n) is 6.46. The molecule has 0 spiro atoms. The van der Waals surface area contributed by atoms with Crippen LogP contribution < -0.4 is 5.32 Å². The molecular weight excluding hydrogens is 298 g/mol. The maximum atomic E-state index is 4.59. The summed E-state index contributed by atoms with van der Waals surface area (Å²) in [6.45, 7) is 4.52. The minimum absolute atomic E-state index is 0. The fourth-order valence-electron chi connectivity index (χ4n) is 3.14. The minimum Gasteiger partial charge on any atom is -0.314 e. The zero-order valence-electron chi connectivity index (χ0n) is 12.8. The summed E-state index contributed by atoms with van der Waals surface area (Å²) in [5, 5.41) is 3.73. The summed E-state index contributed by atoms with van der Waals surface area (Å²) < 4.78 is 2.00. The number of fused-ring (bicyclic) bond motifs is 1. The molecule has 3 heterocycles. The van der Waals surface area contributed by atoms with Crippen LogP contribution in [-0.2, 0) is 6.54 Å². The van der Waals surface area contributed by atoms with Crippen LogP contribution in [0.5, 0.6) is 0 Å². The molecule has 0 atom stereocenters. The maximum absolute atomic E-state index is 4.59. The predicted octanol–water partition coefficient (Wildman–Crippen LogP) is 2.12. The highest BCUT2D eigenvalue weighted by molar-refractivity contribution is 5.85. The quantitative estimate of drug-likeness (QED) is 0.916. The molecule has 2 aromatic heterocycles. The predicted molar refractivity (Wildman–Crippen MR) is 89.3 cm³/mol. The minimum atomic E-state index is 0. The van der Waals surface area contributed by atoms with Crippen molar-refractivity contribution in [1.29, 1.82) is 0 Å². The van der Waals surface area contributed by atoms with E-state index in [-0.39, 0.29) is 12.4 Å². The third-order valence-electron chi connectivity index (χ3n) is 4.65. The molecule has 0 bridgehead atoms. The molecular formula is C16H24ClN5. The van der Waals surface area contributed by atoms with E-state index >= 15 is 0 Å². The highest BCUT2D eigenvalue weighted by Crippen LogP contribution is 2.28. The smallest absolute Gasteiger partial charge is 0.233 e. The molecule has 0 amide bonds. The largest absolute Gasteiger partial charge is 0.314 e. The summed E-state index contributed by atoms with van der Waals surface area (Å²) >= 11 is 0. The van der Waals surface area contributed by atoms with E-state index in [1.807, 2.05) is 16.7 Å². The van der Waals surface area contributed by atoms with Crippen LogP contribution in [0.4, 0.5) is 0 Å². The summed E-state index contributed by atoms with van der Waals surface area (Å²) in [7, 11) is 0. The lowest BCUT2D eigenvalue weighted by molar-refractivity contribution is 0.188. The molecule has 1 N–H and O–H groups in total. The first-order valence-corrected chi connectivity index (χ1v) is 8.11. The Labute approximate surface area is 137 Å². The van der Waals surface area contributed by atoms with Crippen LogP contribution in [0.1, 0.15) is 31.4 Å². The molecule has 0 radical (unpaired) electrons. The SMILES string of the molecule is Cl.c1cnc2nc(CN3CCC(NCC4CC4)CC3)cn2c1. The number of hydrogen-bond acceptors (Lipinski definition) is 4. The number of piperidine rings is 1. The van der Waals surface area contributed by atoms with E-state index < -0.39 is 0 Å². The van der Waals surface area contributed by atoms with Crippen molar-refractivity contribution >= 4 is 18.2 Å². The van der Waals surface area contributed by atoms with Crippen LogP contribution in [0, 0.1) is 5.92 Å². The van der Waals surface area contributed by atoms with E-state index in [0.717, 1.165) is 30.0 Å². The molecule has 22 heavy (non-hydrogen) atoms. The normalized spacial score (nSPS) is 20.2. The van der Waals surface area contributed by atoms with Crippen LogP contribution in [0.15, 0.2) is 24.7 Å². The molecule has 120 valence electrons. The summed E-state index contributed by atoms with van der Waals surface area (Å²) in [5.41, 5.74) is 1.12. The van der Waals surface area contributed by atoms with Gasteiger partial charge in [0.2, 0.25) is 5.78 Å². The third kappa shape index (κ3) is 3.77. The monoisotopic (exact) mass is 321 g/mol. The van der Waals surface area contributed by atoms with Gasteiger partial charge in [-0.15, -0.1) is 12.4 Å². The Morgan fingerprint density at radius 3 is 2.73 bits per heavy atom. The zero-order chi connectivity index (χ0) is 14.1. The molecule has 0 aromatic carbocycles. The van der Waals surface area contributed by atoms with Crippen molar-refractivity contribution in [3.05, 3.63) is 30.4 Å². The van der Waals surface area contributed by atoms with Gasteiger partial charge in [0.1, 0.15) is 0 Å². The van der Waals surface area contributed by atoms with Gasteiger partial charge in [-0.2, -0.15) is 0 Å². The van der Waals surface area contributed by atoms with Crippen LogP contribution in [0.25, 0.3) is 5.78 Å². The number of nitrogens with zero attached hydrogens (tertiary/aromatic N) is 4. The van der Waals surface area contributed by atoms with Gasteiger partial charge in [0.05, 0.1) is 5.69 Å². The lowest BCUT2D eigenvalue weighted by Gasteiger charge is -2.32. The summed E-state index contributed by atoms with van der Waals surface area (Å²) in [4.78, 5) is 11.4. The Bertz CT molecular complexity index is 568. The summed E-state index contributed by atoms with van der Waals surface area (Å²) in [5.74, 6) is 1.78. The summed E-state index contributed by atoms with van der Waals surface area (Å²) in [6, 6.07) is 2.67. The number of rotatable bonds is 5. The van der Waals surface area contributed by atoms with Crippen molar-refractivity contribution in [3.63, 3.8) is 0 Å². The van der Waals surface area contributed by atoms with Gasteiger partial charge in [0, 0.05) is 44.3 Å². The first-order chi connectivity index (χ1) is 10.4. The van der Waals surface area contributed by atoms with Crippen molar-refractivity contribution < 1.29 is 0 Å². The number of halogens is 1. The van der Waals surface area contributed by atoms with Crippen LogP contribution in [0.3, 0.4) is 0 Å². The average Bonchev–Trinajstić information content (AvgIpc) is 3.25. The van der Waals surface area contributed by atoms with Crippen molar-refractivity contribution in [1.82, 2.24) is 24.6 Å². The van der Waals surface area contributed by atoms with Gasteiger partial charge in [-0.1, -0.05) is 0 Å². The highest BCUT2D eigenvalue weighted by atomic mass is 35.5. The van der Waals surface area contributed by atoms with Crippen LogP contribution in [0.2, 0.25) is 0 Å². The number of likely N-dealkylation sites (tertiary alicyclic amines) is 1. The first-order valence-electron chi connectivity index (χ1n) is 8.11. The first kappa shape index (κ1) is 15.7. The lowest BCUT2D eigenvalue weighted by Crippen LogP contribution is -2.42. The van der Waals surface area contributed by atoms with Gasteiger partial charge in [0.15, 0.2) is 0 Å². The topological polar surface area (TPSA) is 45.5 Å². The Balaban J connectivity index is 0.00000144. The highest BCUT2D eigenvalue weighted by Gasteiger charge is 2.24.